The van der Waals surface area contributed by atoms with Crippen molar-refractivity contribution in [3.63, 3.8) is 0 Å². The van der Waals surface area contributed by atoms with Crippen LogP contribution in [0.3, 0.4) is 0 Å². The molecule has 3 rings (SSSR count). The number of hydrogen-bond acceptors (Lipinski definition) is 4. The molecular formula is C28H34N4O3. The van der Waals surface area contributed by atoms with Gasteiger partial charge in [-0.1, -0.05) is 72.8 Å². The minimum absolute atomic E-state index is 0.206. The molecule has 3 aromatic rings. The van der Waals surface area contributed by atoms with E-state index in [1.54, 1.807) is 0 Å². The number of hydrogen-bond donors (Lipinski definition) is 4. The molecule has 0 aliphatic heterocycles. The predicted molar refractivity (Wildman–Crippen MR) is 138 cm³/mol. The average Bonchev–Trinajstić information content (AvgIpc) is 2.84. The van der Waals surface area contributed by atoms with Gasteiger partial charge in [0.05, 0.1) is 6.42 Å². The molecule has 35 heavy (non-hydrogen) atoms. The number of primary amides is 1. The van der Waals surface area contributed by atoms with Crippen molar-refractivity contribution in [2.24, 2.45) is 5.73 Å². The molecule has 0 spiro atoms. The van der Waals surface area contributed by atoms with Crippen LogP contribution in [0.4, 0.5) is 0 Å². The summed E-state index contributed by atoms with van der Waals surface area (Å²) in [6, 6.07) is 23.1. The first-order valence-electron chi connectivity index (χ1n) is 12.0. The molecule has 0 aromatic heterocycles. The molecule has 2 atom stereocenters. The molecule has 184 valence electrons. The van der Waals surface area contributed by atoms with Gasteiger partial charge in [-0.15, -0.1) is 0 Å². The van der Waals surface area contributed by atoms with E-state index in [-0.39, 0.29) is 24.8 Å². The van der Waals surface area contributed by atoms with Gasteiger partial charge in [-0.25, -0.2) is 0 Å². The Morgan fingerprint density at radius 1 is 0.886 bits per heavy atom. The second kappa shape index (κ2) is 13.2. The van der Waals surface area contributed by atoms with Crippen molar-refractivity contribution in [3.8, 4) is 0 Å². The Labute approximate surface area is 206 Å². The molecule has 5 N–H and O–H groups in total. The first-order chi connectivity index (χ1) is 16.9. The summed E-state index contributed by atoms with van der Waals surface area (Å²) in [4.78, 5) is 36.7. The van der Waals surface area contributed by atoms with Crippen LogP contribution in [0.15, 0.2) is 72.8 Å². The molecule has 0 bridgehead atoms. The third-order valence-corrected chi connectivity index (χ3v) is 5.80. The maximum absolute atomic E-state index is 12.8. The van der Waals surface area contributed by atoms with Gasteiger partial charge in [0.15, 0.2) is 0 Å². The monoisotopic (exact) mass is 474 g/mol. The smallest absolute Gasteiger partial charge is 0.243 e. The van der Waals surface area contributed by atoms with Crippen LogP contribution in [0, 0.1) is 0 Å². The zero-order valence-corrected chi connectivity index (χ0v) is 20.1. The van der Waals surface area contributed by atoms with Crippen molar-refractivity contribution in [1.29, 1.82) is 0 Å². The number of carbonyl (C=O) groups excluding carboxylic acids is 3. The summed E-state index contributed by atoms with van der Waals surface area (Å²) >= 11 is 0. The fourth-order valence-corrected chi connectivity index (χ4v) is 4.04. The normalized spacial score (nSPS) is 12.6. The van der Waals surface area contributed by atoms with Crippen LogP contribution in [0.5, 0.6) is 0 Å². The van der Waals surface area contributed by atoms with Gasteiger partial charge in [-0.2, -0.15) is 0 Å². The molecule has 0 fully saturated rings. The van der Waals surface area contributed by atoms with Gasteiger partial charge < -0.3 is 21.7 Å². The second-order valence-corrected chi connectivity index (χ2v) is 8.81. The van der Waals surface area contributed by atoms with E-state index in [1.165, 1.54) is 16.3 Å². The Bertz CT molecular complexity index is 1130. The molecule has 2 unspecified atom stereocenters. The molecule has 0 saturated carbocycles. The van der Waals surface area contributed by atoms with Crippen molar-refractivity contribution in [1.82, 2.24) is 16.0 Å². The fourth-order valence-electron chi connectivity index (χ4n) is 4.04. The zero-order chi connectivity index (χ0) is 25.0. The summed E-state index contributed by atoms with van der Waals surface area (Å²) < 4.78 is 0. The number of aryl methyl sites for hydroxylation is 1. The first-order valence-corrected chi connectivity index (χ1v) is 12.0. The van der Waals surface area contributed by atoms with Gasteiger partial charge in [0.2, 0.25) is 17.7 Å². The molecule has 0 saturated heterocycles. The highest BCUT2D eigenvalue weighted by Crippen LogP contribution is 2.18. The maximum atomic E-state index is 12.8. The second-order valence-electron chi connectivity index (χ2n) is 8.81. The quantitative estimate of drug-likeness (QED) is 0.305. The molecule has 0 aliphatic rings. The highest BCUT2D eigenvalue weighted by Gasteiger charge is 2.23. The van der Waals surface area contributed by atoms with Crippen molar-refractivity contribution >= 4 is 28.5 Å². The Hall–Kier alpha value is -3.71. The largest absolute Gasteiger partial charge is 0.370 e. The van der Waals surface area contributed by atoms with E-state index < -0.39 is 17.9 Å². The van der Waals surface area contributed by atoms with Crippen LogP contribution in [-0.4, -0.2) is 36.3 Å². The number of nitrogens with two attached hydrogens (primary N) is 1. The molecule has 3 amide bonds. The Balaban J connectivity index is 1.45. The third kappa shape index (κ3) is 8.54. The van der Waals surface area contributed by atoms with Crippen LogP contribution < -0.4 is 21.7 Å². The van der Waals surface area contributed by atoms with Crippen molar-refractivity contribution in [2.45, 2.75) is 51.2 Å². The van der Waals surface area contributed by atoms with Gasteiger partial charge in [0, 0.05) is 25.6 Å². The summed E-state index contributed by atoms with van der Waals surface area (Å²) in [6.45, 7) is 3.06. The van der Waals surface area contributed by atoms with Gasteiger partial charge >= 0.3 is 0 Å². The fraction of sp³-hybridized carbons (Fsp3) is 0.321. The number of benzene rings is 3. The van der Waals surface area contributed by atoms with Gasteiger partial charge in [0.25, 0.3) is 0 Å². The minimum atomic E-state index is -0.989. The molecule has 0 heterocycles. The van der Waals surface area contributed by atoms with Gasteiger partial charge in [-0.3, -0.25) is 14.4 Å². The molecule has 0 radical (unpaired) electrons. The molecule has 7 heteroatoms. The van der Waals surface area contributed by atoms with Crippen molar-refractivity contribution < 1.29 is 14.4 Å². The SMILES string of the molecule is CC(CNCc1cccc2ccccc12)NC(=O)C(CC(N)=O)NC(=O)CCCc1ccccc1. The third-order valence-electron chi connectivity index (χ3n) is 5.80. The van der Waals surface area contributed by atoms with Gasteiger partial charge in [0.1, 0.15) is 6.04 Å². The number of rotatable bonds is 13. The minimum Gasteiger partial charge on any atom is -0.370 e. The van der Waals surface area contributed by atoms with E-state index in [9.17, 15) is 14.4 Å². The summed E-state index contributed by atoms with van der Waals surface area (Å²) in [7, 11) is 0. The first kappa shape index (κ1) is 25.9. The van der Waals surface area contributed by atoms with Gasteiger partial charge in [-0.05, 0) is 41.7 Å². The van der Waals surface area contributed by atoms with Crippen LogP contribution in [0.1, 0.15) is 37.3 Å². The maximum Gasteiger partial charge on any atom is 0.243 e. The standard InChI is InChI=1S/C28H34N4O3/c1-20(18-30-19-23-14-8-13-22-12-5-6-15-24(22)23)31-28(35)25(17-26(29)33)32-27(34)16-7-11-21-9-3-2-4-10-21/h2-6,8-10,12-15,20,25,30H,7,11,16-19H2,1H3,(H2,29,33)(H,31,35)(H,32,34). The highest BCUT2D eigenvalue weighted by atomic mass is 16.2. The number of carbonyl (C=O) groups is 3. The lowest BCUT2D eigenvalue weighted by Gasteiger charge is -2.21. The molecule has 7 nitrogen and oxygen atoms in total. The van der Waals surface area contributed by atoms with Crippen molar-refractivity contribution in [3.05, 3.63) is 83.9 Å². The molecule has 0 aliphatic carbocycles. The Morgan fingerprint density at radius 2 is 1.60 bits per heavy atom. The number of amides is 3. The lowest BCUT2D eigenvalue weighted by atomic mass is 10.0. The van der Waals surface area contributed by atoms with Crippen LogP contribution in [0.25, 0.3) is 10.8 Å². The molecular weight excluding hydrogens is 440 g/mol. The van der Waals surface area contributed by atoms with Crippen LogP contribution >= 0.6 is 0 Å². The van der Waals surface area contributed by atoms with E-state index >= 15 is 0 Å². The number of fused-ring (bicyclic) bond motifs is 1. The van der Waals surface area contributed by atoms with E-state index in [4.69, 9.17) is 5.73 Å². The average molecular weight is 475 g/mol. The highest BCUT2D eigenvalue weighted by molar-refractivity contribution is 5.91. The Morgan fingerprint density at radius 3 is 2.37 bits per heavy atom. The van der Waals surface area contributed by atoms with Crippen LogP contribution in [-0.2, 0) is 27.3 Å². The summed E-state index contributed by atoms with van der Waals surface area (Å²) in [5.74, 6) is -1.33. The van der Waals surface area contributed by atoms with Crippen LogP contribution in [0.2, 0.25) is 0 Å². The summed E-state index contributed by atoms with van der Waals surface area (Å²) in [6.07, 6.45) is 1.43. The molecule has 3 aromatic carbocycles. The van der Waals surface area contributed by atoms with E-state index in [0.717, 1.165) is 12.0 Å². The lowest BCUT2D eigenvalue weighted by Crippen LogP contribution is -2.52. The van der Waals surface area contributed by atoms with Crippen molar-refractivity contribution in [2.75, 3.05) is 6.54 Å². The topological polar surface area (TPSA) is 113 Å². The lowest BCUT2D eigenvalue weighted by molar-refractivity contribution is -0.131. The number of nitrogens with one attached hydrogen (secondary N) is 3. The Kier molecular flexibility index (Phi) is 9.80. The van der Waals surface area contributed by atoms with E-state index in [0.29, 0.717) is 19.5 Å². The predicted octanol–water partition coefficient (Wildman–Crippen LogP) is 2.82. The zero-order valence-electron chi connectivity index (χ0n) is 20.1. The summed E-state index contributed by atoms with van der Waals surface area (Å²) in [5, 5.41) is 11.3. The van der Waals surface area contributed by atoms with E-state index in [2.05, 4.69) is 40.2 Å². The summed E-state index contributed by atoms with van der Waals surface area (Å²) in [5.41, 5.74) is 7.65. The van der Waals surface area contributed by atoms with E-state index in [1.807, 2.05) is 55.5 Å².